The quantitative estimate of drug-likeness (QED) is 0.685. The Morgan fingerprint density at radius 1 is 1.25 bits per heavy atom. The molecule has 16 heavy (non-hydrogen) atoms. The van der Waals surface area contributed by atoms with Crippen LogP contribution in [-0.2, 0) is 4.74 Å². The third kappa shape index (κ3) is 3.96. The lowest BCUT2D eigenvalue weighted by Gasteiger charge is -2.34. The van der Waals surface area contributed by atoms with Crippen molar-refractivity contribution in [3.8, 4) is 0 Å². The minimum atomic E-state index is 0.309. The van der Waals surface area contributed by atoms with Crippen LogP contribution in [0.25, 0.3) is 0 Å². The van der Waals surface area contributed by atoms with E-state index in [1.807, 2.05) is 0 Å². The van der Waals surface area contributed by atoms with Crippen LogP contribution in [-0.4, -0.2) is 18.5 Å². The van der Waals surface area contributed by atoms with Crippen molar-refractivity contribution in [1.29, 1.82) is 0 Å². The smallest absolute Gasteiger partial charge is 0.0578 e. The summed E-state index contributed by atoms with van der Waals surface area (Å²) in [6, 6.07) is 0. The standard InChI is InChI=1S/C14H28OS/c1-4-14(5-2,11-16)10-15-13-8-6-7-12(3)9-13/h12-13,16H,4-11H2,1-3H3. The van der Waals surface area contributed by atoms with E-state index in [1.54, 1.807) is 0 Å². The molecule has 2 unspecified atom stereocenters. The maximum Gasteiger partial charge on any atom is 0.0578 e. The molecule has 0 bridgehead atoms. The monoisotopic (exact) mass is 244 g/mol. The second-order valence-electron chi connectivity index (χ2n) is 5.57. The molecule has 0 aliphatic heterocycles. The third-order valence-electron chi connectivity index (χ3n) is 4.35. The summed E-state index contributed by atoms with van der Waals surface area (Å²) >= 11 is 4.50. The first-order valence-electron chi connectivity index (χ1n) is 6.88. The minimum absolute atomic E-state index is 0.309. The number of hydrogen-bond acceptors (Lipinski definition) is 2. The van der Waals surface area contributed by atoms with Crippen molar-refractivity contribution in [2.45, 2.75) is 65.4 Å². The summed E-state index contributed by atoms with van der Waals surface area (Å²) in [5, 5.41) is 0. The highest BCUT2D eigenvalue weighted by Gasteiger charge is 2.27. The second kappa shape index (κ2) is 6.90. The molecule has 0 saturated heterocycles. The van der Waals surface area contributed by atoms with Crippen LogP contribution in [0, 0.1) is 11.3 Å². The Kier molecular flexibility index (Phi) is 6.20. The molecule has 96 valence electrons. The Hall–Kier alpha value is 0.310. The first-order valence-corrected chi connectivity index (χ1v) is 7.51. The van der Waals surface area contributed by atoms with Gasteiger partial charge in [0.2, 0.25) is 0 Å². The fourth-order valence-electron chi connectivity index (χ4n) is 2.55. The molecule has 0 aromatic rings. The third-order valence-corrected chi connectivity index (χ3v) is 5.02. The summed E-state index contributed by atoms with van der Waals surface area (Å²) in [5.74, 6) is 1.80. The maximum absolute atomic E-state index is 6.14. The molecular weight excluding hydrogens is 216 g/mol. The summed E-state index contributed by atoms with van der Waals surface area (Å²) in [4.78, 5) is 0. The molecule has 0 radical (unpaired) electrons. The van der Waals surface area contributed by atoms with Gasteiger partial charge in [-0.15, -0.1) is 0 Å². The van der Waals surface area contributed by atoms with Crippen LogP contribution in [0.2, 0.25) is 0 Å². The van der Waals surface area contributed by atoms with Crippen LogP contribution in [0.4, 0.5) is 0 Å². The molecule has 1 fully saturated rings. The topological polar surface area (TPSA) is 9.23 Å². The lowest BCUT2D eigenvalue weighted by atomic mass is 9.84. The molecule has 0 N–H and O–H groups in total. The van der Waals surface area contributed by atoms with E-state index in [1.165, 1.54) is 38.5 Å². The lowest BCUT2D eigenvalue weighted by molar-refractivity contribution is -0.0294. The van der Waals surface area contributed by atoms with Crippen molar-refractivity contribution in [2.24, 2.45) is 11.3 Å². The van der Waals surface area contributed by atoms with E-state index >= 15 is 0 Å². The van der Waals surface area contributed by atoms with Gasteiger partial charge in [-0.2, -0.15) is 12.6 Å². The van der Waals surface area contributed by atoms with E-state index in [2.05, 4.69) is 33.4 Å². The van der Waals surface area contributed by atoms with Gasteiger partial charge < -0.3 is 4.74 Å². The first-order chi connectivity index (χ1) is 7.65. The fraction of sp³-hybridized carbons (Fsp3) is 1.00. The van der Waals surface area contributed by atoms with E-state index in [4.69, 9.17) is 4.74 Å². The van der Waals surface area contributed by atoms with E-state index < -0.39 is 0 Å². The van der Waals surface area contributed by atoms with Gasteiger partial charge in [-0.05, 0) is 37.4 Å². The highest BCUT2D eigenvalue weighted by Crippen LogP contribution is 2.31. The van der Waals surface area contributed by atoms with Gasteiger partial charge >= 0.3 is 0 Å². The van der Waals surface area contributed by atoms with Gasteiger partial charge in [0, 0.05) is 5.41 Å². The zero-order chi connectivity index (χ0) is 12.0. The number of ether oxygens (including phenoxy) is 1. The lowest BCUT2D eigenvalue weighted by Crippen LogP contribution is -2.32. The van der Waals surface area contributed by atoms with Crippen molar-refractivity contribution in [1.82, 2.24) is 0 Å². The molecule has 0 aromatic heterocycles. The van der Waals surface area contributed by atoms with Crippen LogP contribution in [0.15, 0.2) is 0 Å². The molecule has 2 heteroatoms. The summed E-state index contributed by atoms with van der Waals surface area (Å²) in [6.07, 6.45) is 8.12. The van der Waals surface area contributed by atoms with Crippen molar-refractivity contribution >= 4 is 12.6 Å². The van der Waals surface area contributed by atoms with E-state index in [0.29, 0.717) is 11.5 Å². The van der Waals surface area contributed by atoms with Crippen molar-refractivity contribution in [3.63, 3.8) is 0 Å². The summed E-state index contributed by atoms with van der Waals surface area (Å²) in [7, 11) is 0. The zero-order valence-corrected chi connectivity index (χ0v) is 12.1. The first kappa shape index (κ1) is 14.4. The largest absolute Gasteiger partial charge is 0.378 e. The summed E-state index contributed by atoms with van der Waals surface area (Å²) in [5.41, 5.74) is 0.309. The molecule has 0 spiro atoms. The molecule has 1 aliphatic rings. The Labute approximate surface area is 107 Å². The highest BCUT2D eigenvalue weighted by molar-refractivity contribution is 7.80. The molecule has 1 nitrogen and oxygen atoms in total. The van der Waals surface area contributed by atoms with Gasteiger partial charge in [0.25, 0.3) is 0 Å². The number of hydrogen-bond donors (Lipinski definition) is 1. The molecule has 1 rings (SSSR count). The second-order valence-corrected chi connectivity index (χ2v) is 5.89. The highest BCUT2D eigenvalue weighted by atomic mass is 32.1. The Morgan fingerprint density at radius 2 is 1.94 bits per heavy atom. The average Bonchev–Trinajstić information content (AvgIpc) is 2.32. The van der Waals surface area contributed by atoms with E-state index in [0.717, 1.165) is 18.3 Å². The molecule has 1 saturated carbocycles. The predicted molar refractivity (Wildman–Crippen MR) is 74.2 cm³/mol. The van der Waals surface area contributed by atoms with Crippen LogP contribution in [0.5, 0.6) is 0 Å². The van der Waals surface area contributed by atoms with Crippen LogP contribution >= 0.6 is 12.6 Å². The van der Waals surface area contributed by atoms with Gasteiger partial charge in [-0.25, -0.2) is 0 Å². The average molecular weight is 244 g/mol. The fourth-order valence-corrected chi connectivity index (χ4v) is 3.09. The van der Waals surface area contributed by atoms with Gasteiger partial charge in [-0.3, -0.25) is 0 Å². The van der Waals surface area contributed by atoms with Crippen molar-refractivity contribution < 1.29 is 4.74 Å². The van der Waals surface area contributed by atoms with E-state index in [9.17, 15) is 0 Å². The molecule has 0 aromatic carbocycles. The van der Waals surface area contributed by atoms with Crippen molar-refractivity contribution in [3.05, 3.63) is 0 Å². The summed E-state index contributed by atoms with van der Waals surface area (Å²) in [6.45, 7) is 7.76. The SMILES string of the molecule is CCC(CC)(CS)COC1CCCC(C)C1. The van der Waals surface area contributed by atoms with Crippen molar-refractivity contribution in [2.75, 3.05) is 12.4 Å². The van der Waals surface area contributed by atoms with E-state index in [-0.39, 0.29) is 0 Å². The van der Waals surface area contributed by atoms with Gasteiger partial charge in [0.1, 0.15) is 0 Å². The predicted octanol–water partition coefficient (Wildman–Crippen LogP) is 4.32. The Bertz CT molecular complexity index is 181. The minimum Gasteiger partial charge on any atom is -0.378 e. The molecule has 2 atom stereocenters. The molecular formula is C14H28OS. The van der Waals surface area contributed by atoms with Crippen LogP contribution in [0.3, 0.4) is 0 Å². The van der Waals surface area contributed by atoms with Crippen LogP contribution in [0.1, 0.15) is 59.3 Å². The number of thiol groups is 1. The molecule has 0 amide bonds. The molecule has 0 heterocycles. The molecule has 1 aliphatic carbocycles. The van der Waals surface area contributed by atoms with Gasteiger partial charge in [0.05, 0.1) is 12.7 Å². The van der Waals surface area contributed by atoms with Crippen LogP contribution < -0.4 is 0 Å². The maximum atomic E-state index is 6.14. The Morgan fingerprint density at radius 3 is 2.44 bits per heavy atom. The van der Waals surface area contributed by atoms with Gasteiger partial charge in [0.15, 0.2) is 0 Å². The summed E-state index contributed by atoms with van der Waals surface area (Å²) < 4.78 is 6.14. The normalized spacial score (nSPS) is 27.0. The number of rotatable bonds is 6. The Balaban J connectivity index is 2.36. The van der Waals surface area contributed by atoms with Gasteiger partial charge in [-0.1, -0.05) is 33.6 Å². The zero-order valence-electron chi connectivity index (χ0n) is 11.2.